The van der Waals surface area contributed by atoms with Crippen molar-refractivity contribution in [3.05, 3.63) is 58.8 Å². The number of likely N-dealkylation sites (N-methyl/N-ethyl adjacent to an activating group) is 1. The minimum absolute atomic E-state index is 0.597. The Morgan fingerprint density at radius 2 is 1.82 bits per heavy atom. The van der Waals surface area contributed by atoms with Crippen LogP contribution in [0.1, 0.15) is 17.7 Å². The van der Waals surface area contributed by atoms with Gasteiger partial charge < -0.3 is 9.88 Å². The summed E-state index contributed by atoms with van der Waals surface area (Å²) in [5.74, 6) is 0. The number of allylic oxidation sites excluding steroid dienone is 1. The Bertz CT molecular complexity index is 1350. The number of aryl methyl sites for hydroxylation is 1. The molecule has 4 heterocycles. The number of halogens is 1. The lowest BCUT2D eigenvalue weighted by Crippen LogP contribution is -2.45. The third-order valence-electron chi connectivity index (χ3n) is 6.92. The van der Waals surface area contributed by atoms with Crippen LogP contribution < -0.4 is 0 Å². The Morgan fingerprint density at radius 1 is 1.00 bits per heavy atom. The molecule has 8 heteroatoms. The van der Waals surface area contributed by atoms with Gasteiger partial charge >= 0.3 is 0 Å². The molecule has 0 unspecified atom stereocenters. The van der Waals surface area contributed by atoms with Crippen LogP contribution in [0.5, 0.6) is 0 Å². The van der Waals surface area contributed by atoms with Gasteiger partial charge in [-0.1, -0.05) is 54.1 Å². The Balaban J connectivity index is 1.43. The molecule has 6 rings (SSSR count). The summed E-state index contributed by atoms with van der Waals surface area (Å²) in [6, 6.07) is 12.2. The second-order valence-electron chi connectivity index (χ2n) is 9.20. The van der Waals surface area contributed by atoms with Crippen molar-refractivity contribution in [2.45, 2.75) is 19.4 Å². The Hall–Kier alpha value is -3.00. The van der Waals surface area contributed by atoms with Crippen molar-refractivity contribution in [3.8, 4) is 22.6 Å². The molecule has 0 atom stereocenters. The summed E-state index contributed by atoms with van der Waals surface area (Å²) >= 11 is 7.04. The van der Waals surface area contributed by atoms with E-state index in [4.69, 9.17) is 16.7 Å². The minimum atomic E-state index is 0.597. The first-order valence-corrected chi connectivity index (χ1v) is 12.3. The molecular weight excluding hydrogens is 446 g/mol. The van der Waals surface area contributed by atoms with E-state index < -0.39 is 0 Å². The molecule has 0 amide bonds. The molecule has 2 aliphatic rings. The van der Waals surface area contributed by atoms with Gasteiger partial charge in [0.05, 0.1) is 22.6 Å². The van der Waals surface area contributed by atoms with Gasteiger partial charge in [-0.05, 0) is 31.5 Å². The second kappa shape index (κ2) is 8.98. The molecule has 3 aromatic heterocycles. The zero-order valence-electron chi connectivity index (χ0n) is 19.3. The molecule has 1 aromatic carbocycles. The monoisotopic (exact) mass is 473 g/mol. The molecule has 1 fully saturated rings. The molecule has 4 aromatic rings. The lowest BCUT2D eigenvalue weighted by Gasteiger charge is -2.32. The maximum atomic E-state index is 7.04. The van der Waals surface area contributed by atoms with Crippen molar-refractivity contribution in [1.29, 1.82) is 0 Å². The van der Waals surface area contributed by atoms with Crippen molar-refractivity contribution >= 4 is 28.7 Å². The normalized spacial score (nSPS) is 16.9. The number of rotatable bonds is 5. The van der Waals surface area contributed by atoms with E-state index in [0.717, 1.165) is 80.1 Å². The molecule has 34 heavy (non-hydrogen) atoms. The third-order valence-corrected chi connectivity index (χ3v) is 7.28. The van der Waals surface area contributed by atoms with Crippen molar-refractivity contribution < 1.29 is 0 Å². The van der Waals surface area contributed by atoms with E-state index in [1.807, 2.05) is 35.0 Å². The standard InChI is InChI=1S/C26H28ClN7/c1-32-11-13-33(14-12-32)15-16-34-26-22(23(27)24(29-30-26)18-7-3-2-4-8-18)25(31-34)21-17-19-9-5-6-10-20(19)28-21/h2-5,7-9,17,28H,6,10-16H2,1H3. The number of hydrogen-bond acceptors (Lipinski definition) is 5. The van der Waals surface area contributed by atoms with Gasteiger partial charge in [0.2, 0.25) is 0 Å². The van der Waals surface area contributed by atoms with E-state index in [9.17, 15) is 0 Å². The van der Waals surface area contributed by atoms with Crippen LogP contribution in [-0.4, -0.2) is 74.5 Å². The average molecular weight is 474 g/mol. The van der Waals surface area contributed by atoms with Crippen LogP contribution in [0.15, 0.2) is 42.5 Å². The number of aromatic nitrogens is 5. The SMILES string of the molecule is CN1CCN(CCn2nc(-c3cc4c([nH]3)CCC=C4)c3c(Cl)c(-c4ccccc4)nnc32)CC1. The fourth-order valence-corrected chi connectivity index (χ4v) is 5.20. The van der Waals surface area contributed by atoms with Crippen molar-refractivity contribution in [2.75, 3.05) is 39.8 Å². The van der Waals surface area contributed by atoms with E-state index >= 15 is 0 Å². The highest BCUT2D eigenvalue weighted by molar-refractivity contribution is 6.38. The average Bonchev–Trinajstić information content (AvgIpc) is 3.46. The molecule has 1 aliphatic heterocycles. The van der Waals surface area contributed by atoms with E-state index in [0.29, 0.717) is 10.7 Å². The Morgan fingerprint density at radius 3 is 2.62 bits per heavy atom. The highest BCUT2D eigenvalue weighted by Crippen LogP contribution is 2.38. The molecule has 174 valence electrons. The maximum Gasteiger partial charge on any atom is 0.182 e. The molecular formula is C26H28ClN7. The predicted molar refractivity (Wildman–Crippen MR) is 137 cm³/mol. The molecule has 1 saturated heterocycles. The van der Waals surface area contributed by atoms with Crippen LogP contribution >= 0.6 is 11.6 Å². The van der Waals surface area contributed by atoms with Crippen LogP contribution in [0.4, 0.5) is 0 Å². The number of benzene rings is 1. The largest absolute Gasteiger partial charge is 0.357 e. The second-order valence-corrected chi connectivity index (χ2v) is 9.58. The highest BCUT2D eigenvalue weighted by atomic mass is 35.5. The molecule has 1 N–H and O–H groups in total. The summed E-state index contributed by atoms with van der Waals surface area (Å²) in [7, 11) is 2.18. The summed E-state index contributed by atoms with van der Waals surface area (Å²) in [6.07, 6.45) is 6.47. The summed E-state index contributed by atoms with van der Waals surface area (Å²) in [5, 5.41) is 15.7. The fraction of sp³-hybridized carbons (Fsp3) is 0.346. The summed E-state index contributed by atoms with van der Waals surface area (Å²) < 4.78 is 1.98. The Labute approximate surface area is 204 Å². The Kier molecular flexibility index (Phi) is 5.69. The van der Waals surface area contributed by atoms with Gasteiger partial charge in [0, 0.05) is 44.0 Å². The quantitative estimate of drug-likeness (QED) is 0.467. The number of aromatic amines is 1. The van der Waals surface area contributed by atoms with Gasteiger partial charge in [0.15, 0.2) is 5.65 Å². The fourth-order valence-electron chi connectivity index (χ4n) is 4.88. The van der Waals surface area contributed by atoms with Crippen LogP contribution in [-0.2, 0) is 13.0 Å². The first-order valence-electron chi connectivity index (χ1n) is 11.9. The smallest absolute Gasteiger partial charge is 0.182 e. The minimum Gasteiger partial charge on any atom is -0.357 e. The van der Waals surface area contributed by atoms with E-state index in [1.54, 1.807) is 0 Å². The van der Waals surface area contributed by atoms with Gasteiger partial charge in [-0.15, -0.1) is 10.2 Å². The first kappa shape index (κ1) is 21.5. The first-order chi connectivity index (χ1) is 16.7. The number of piperazine rings is 1. The van der Waals surface area contributed by atoms with E-state index in [-0.39, 0.29) is 0 Å². The predicted octanol–water partition coefficient (Wildman–Crippen LogP) is 4.35. The number of hydrogen-bond donors (Lipinski definition) is 1. The van der Waals surface area contributed by atoms with E-state index in [2.05, 4.69) is 50.2 Å². The van der Waals surface area contributed by atoms with Gasteiger partial charge in [0.1, 0.15) is 11.4 Å². The van der Waals surface area contributed by atoms with Crippen LogP contribution in [0.2, 0.25) is 5.02 Å². The molecule has 1 aliphatic carbocycles. The zero-order valence-corrected chi connectivity index (χ0v) is 20.1. The van der Waals surface area contributed by atoms with Gasteiger partial charge in [-0.2, -0.15) is 5.10 Å². The van der Waals surface area contributed by atoms with Gasteiger partial charge in [-0.3, -0.25) is 4.90 Å². The van der Waals surface area contributed by atoms with Crippen molar-refractivity contribution in [2.24, 2.45) is 0 Å². The van der Waals surface area contributed by atoms with Gasteiger partial charge in [-0.25, -0.2) is 4.68 Å². The number of nitrogens with zero attached hydrogens (tertiary/aromatic N) is 6. The summed E-state index contributed by atoms with van der Waals surface area (Å²) in [5.41, 5.74) is 6.67. The van der Waals surface area contributed by atoms with E-state index in [1.165, 1.54) is 11.3 Å². The summed E-state index contributed by atoms with van der Waals surface area (Å²) in [6.45, 7) is 6.01. The lowest BCUT2D eigenvalue weighted by molar-refractivity contribution is 0.149. The number of nitrogens with one attached hydrogen (secondary N) is 1. The van der Waals surface area contributed by atoms with Crippen LogP contribution in [0, 0.1) is 0 Å². The maximum absolute atomic E-state index is 7.04. The van der Waals surface area contributed by atoms with Crippen LogP contribution in [0.3, 0.4) is 0 Å². The number of fused-ring (bicyclic) bond motifs is 2. The molecule has 7 nitrogen and oxygen atoms in total. The third kappa shape index (κ3) is 3.94. The molecule has 0 spiro atoms. The zero-order chi connectivity index (χ0) is 23.1. The lowest BCUT2D eigenvalue weighted by atomic mass is 10.1. The summed E-state index contributed by atoms with van der Waals surface area (Å²) in [4.78, 5) is 8.46. The van der Waals surface area contributed by atoms with Crippen LogP contribution in [0.25, 0.3) is 39.8 Å². The topological polar surface area (TPSA) is 65.9 Å². The highest BCUT2D eigenvalue weighted by Gasteiger charge is 2.23. The van der Waals surface area contributed by atoms with Crippen molar-refractivity contribution in [1.82, 2.24) is 34.8 Å². The molecule has 0 radical (unpaired) electrons. The molecule has 0 bridgehead atoms. The molecule has 0 saturated carbocycles. The van der Waals surface area contributed by atoms with Gasteiger partial charge in [0.25, 0.3) is 0 Å². The van der Waals surface area contributed by atoms with Crippen molar-refractivity contribution in [3.63, 3.8) is 0 Å². The number of H-pyrrole nitrogens is 1.